The van der Waals surface area contributed by atoms with Crippen LogP contribution in [0.5, 0.6) is 5.75 Å². The molecule has 9 heteroatoms. The second kappa shape index (κ2) is 9.60. The monoisotopic (exact) mass is 485 g/mol. The van der Waals surface area contributed by atoms with E-state index in [0.29, 0.717) is 29.1 Å². The summed E-state index contributed by atoms with van der Waals surface area (Å²) in [5.41, 5.74) is 1.17. The number of nitrogens with zero attached hydrogens (tertiary/aromatic N) is 7. The highest BCUT2D eigenvalue weighted by molar-refractivity contribution is 5.87. The van der Waals surface area contributed by atoms with E-state index in [4.69, 9.17) is 11.3 Å². The quantitative estimate of drug-likeness (QED) is 0.500. The zero-order chi connectivity index (χ0) is 26.2. The molecule has 4 rings (SSSR count). The first-order valence-corrected chi connectivity index (χ1v) is 12.0. The van der Waals surface area contributed by atoms with Crippen LogP contribution in [0.1, 0.15) is 46.2 Å². The molecule has 36 heavy (non-hydrogen) atoms. The van der Waals surface area contributed by atoms with Crippen LogP contribution >= 0.6 is 0 Å². The number of rotatable bonds is 5. The molecule has 3 heterocycles. The number of aromatic nitrogens is 3. The van der Waals surface area contributed by atoms with E-state index < -0.39 is 5.60 Å². The largest absolute Gasteiger partial charge is 0.473 e. The van der Waals surface area contributed by atoms with Crippen LogP contribution in [0.2, 0.25) is 0 Å². The summed E-state index contributed by atoms with van der Waals surface area (Å²) in [6.07, 6.45) is 0. The number of ether oxygens (including phenoxy) is 1. The molecule has 1 aromatic carbocycles. The minimum absolute atomic E-state index is 0.0730. The lowest BCUT2D eigenvalue weighted by Gasteiger charge is -2.47. The van der Waals surface area contributed by atoms with Gasteiger partial charge in [-0.05, 0) is 64.4 Å². The van der Waals surface area contributed by atoms with Crippen molar-refractivity contribution in [2.75, 3.05) is 18.0 Å². The number of pyridine rings is 1. The maximum absolute atomic E-state index is 12.6. The lowest BCUT2D eigenvalue weighted by Crippen LogP contribution is -2.57. The van der Waals surface area contributed by atoms with Crippen LogP contribution in [0.15, 0.2) is 41.2 Å². The SMILES string of the molecule is [C-]#[N+]c1ccc2c(n1)c(N1C[C@@H](C)N(C(C)c3ccc(OC(C)(C)C#N)cc3)C[C@@H]1C)nc(=O)n2C. The maximum atomic E-state index is 12.6. The first kappa shape index (κ1) is 25.2. The number of hydrogen-bond acceptors (Lipinski definition) is 7. The van der Waals surface area contributed by atoms with E-state index in [1.807, 2.05) is 24.3 Å². The molecule has 1 aliphatic heterocycles. The van der Waals surface area contributed by atoms with E-state index in [0.717, 1.165) is 12.1 Å². The highest BCUT2D eigenvalue weighted by Crippen LogP contribution is 2.32. The molecule has 0 amide bonds. The van der Waals surface area contributed by atoms with E-state index in [1.165, 1.54) is 4.57 Å². The molecular weight excluding hydrogens is 454 g/mol. The standard InChI is InChI=1S/C27H31N7O2/c1-17-15-34(25-24-22(32(7)26(35)31-25)12-13-23(29-6)30-24)18(2)14-33(17)19(3)20-8-10-21(11-9-20)36-27(4,5)16-28/h8-13,17-19H,14-15H2,1-5,7H3/t17-,18+,19?/m1/s1. The molecule has 9 nitrogen and oxygen atoms in total. The van der Waals surface area contributed by atoms with Crippen molar-refractivity contribution in [3.63, 3.8) is 0 Å². The Morgan fingerprint density at radius 2 is 1.83 bits per heavy atom. The summed E-state index contributed by atoms with van der Waals surface area (Å²) >= 11 is 0. The van der Waals surface area contributed by atoms with Gasteiger partial charge in [-0.2, -0.15) is 10.2 Å². The van der Waals surface area contributed by atoms with Gasteiger partial charge in [0.15, 0.2) is 11.4 Å². The molecule has 1 saturated heterocycles. The highest BCUT2D eigenvalue weighted by Gasteiger charge is 2.35. The van der Waals surface area contributed by atoms with Gasteiger partial charge in [0.25, 0.3) is 5.82 Å². The number of piperazine rings is 1. The van der Waals surface area contributed by atoms with Gasteiger partial charge < -0.3 is 14.5 Å². The average Bonchev–Trinajstić information content (AvgIpc) is 2.87. The Morgan fingerprint density at radius 1 is 1.14 bits per heavy atom. The van der Waals surface area contributed by atoms with E-state index in [-0.39, 0.29) is 29.6 Å². The predicted octanol–water partition coefficient (Wildman–Crippen LogP) is 4.22. The molecule has 3 aromatic rings. The average molecular weight is 486 g/mol. The van der Waals surface area contributed by atoms with Gasteiger partial charge >= 0.3 is 5.69 Å². The Kier molecular flexibility index (Phi) is 6.71. The summed E-state index contributed by atoms with van der Waals surface area (Å²) in [5.74, 6) is 1.48. The summed E-state index contributed by atoms with van der Waals surface area (Å²) in [6, 6.07) is 13.9. The molecule has 1 unspecified atom stereocenters. The fourth-order valence-electron chi connectivity index (χ4n) is 4.77. The topological polar surface area (TPSA) is 91.6 Å². The Hall–Kier alpha value is -3.95. The van der Waals surface area contributed by atoms with Gasteiger partial charge in [-0.25, -0.2) is 4.79 Å². The van der Waals surface area contributed by atoms with Crippen LogP contribution in [0, 0.1) is 17.9 Å². The third kappa shape index (κ3) is 4.75. The van der Waals surface area contributed by atoms with Crippen molar-refractivity contribution in [2.45, 2.75) is 58.3 Å². The van der Waals surface area contributed by atoms with Gasteiger partial charge in [0.05, 0.1) is 5.52 Å². The fourth-order valence-corrected chi connectivity index (χ4v) is 4.77. The van der Waals surface area contributed by atoms with Crippen LogP contribution in [0.25, 0.3) is 15.9 Å². The summed E-state index contributed by atoms with van der Waals surface area (Å²) in [6.45, 7) is 18.7. The number of hydrogen-bond donors (Lipinski definition) is 0. The molecule has 0 spiro atoms. The molecule has 1 fully saturated rings. The molecule has 0 aliphatic carbocycles. The van der Waals surface area contributed by atoms with Crippen LogP contribution in [0.3, 0.4) is 0 Å². The first-order valence-electron chi connectivity index (χ1n) is 12.0. The molecule has 186 valence electrons. The van der Waals surface area contributed by atoms with Crippen molar-refractivity contribution in [2.24, 2.45) is 7.05 Å². The zero-order valence-electron chi connectivity index (χ0n) is 21.6. The Morgan fingerprint density at radius 3 is 2.47 bits per heavy atom. The fraction of sp³-hybridized carbons (Fsp3) is 0.444. The van der Waals surface area contributed by atoms with Crippen molar-refractivity contribution in [1.82, 2.24) is 19.4 Å². The lowest BCUT2D eigenvalue weighted by molar-refractivity contribution is 0.119. The molecule has 1 aliphatic rings. The van der Waals surface area contributed by atoms with Crippen LogP contribution in [-0.2, 0) is 7.05 Å². The number of fused-ring (bicyclic) bond motifs is 1. The van der Waals surface area contributed by atoms with Crippen molar-refractivity contribution in [3.8, 4) is 11.8 Å². The van der Waals surface area contributed by atoms with Gasteiger partial charge in [0.2, 0.25) is 5.52 Å². The highest BCUT2D eigenvalue weighted by atomic mass is 16.5. The number of anilines is 1. The third-order valence-electron chi connectivity index (χ3n) is 6.84. The van der Waals surface area contributed by atoms with Crippen LogP contribution in [0.4, 0.5) is 11.6 Å². The number of aryl methyl sites for hydroxylation is 1. The Balaban J connectivity index is 1.59. The second-order valence-corrected chi connectivity index (χ2v) is 9.94. The molecule has 0 saturated carbocycles. The lowest BCUT2D eigenvalue weighted by atomic mass is 10.0. The zero-order valence-corrected chi connectivity index (χ0v) is 21.6. The molecule has 3 atom stereocenters. The number of nitriles is 1. The summed E-state index contributed by atoms with van der Waals surface area (Å²) in [5, 5.41) is 9.21. The van der Waals surface area contributed by atoms with Gasteiger partial charge in [0.1, 0.15) is 11.8 Å². The van der Waals surface area contributed by atoms with Gasteiger partial charge in [-0.1, -0.05) is 18.7 Å². The van der Waals surface area contributed by atoms with Gasteiger partial charge in [-0.3, -0.25) is 9.47 Å². The minimum Gasteiger partial charge on any atom is -0.473 e. The van der Waals surface area contributed by atoms with E-state index in [2.05, 4.69) is 51.5 Å². The van der Waals surface area contributed by atoms with Gasteiger partial charge in [0, 0.05) is 38.3 Å². The Labute approximate surface area is 211 Å². The predicted molar refractivity (Wildman–Crippen MR) is 139 cm³/mol. The molecule has 0 radical (unpaired) electrons. The Bertz CT molecular complexity index is 1420. The van der Waals surface area contributed by atoms with E-state index >= 15 is 0 Å². The van der Waals surface area contributed by atoms with E-state index in [9.17, 15) is 10.1 Å². The summed E-state index contributed by atoms with van der Waals surface area (Å²) in [7, 11) is 1.67. The number of benzene rings is 1. The van der Waals surface area contributed by atoms with Gasteiger partial charge in [-0.15, -0.1) is 4.98 Å². The summed E-state index contributed by atoms with van der Waals surface area (Å²) in [4.78, 5) is 29.6. The molecular formula is C27H31N7O2. The van der Waals surface area contributed by atoms with Crippen molar-refractivity contribution < 1.29 is 4.74 Å². The second-order valence-electron chi connectivity index (χ2n) is 9.94. The molecule has 0 N–H and O–H groups in total. The normalized spacial score (nSPS) is 19.5. The van der Waals surface area contributed by atoms with Crippen LogP contribution in [-0.4, -0.2) is 50.2 Å². The third-order valence-corrected chi connectivity index (χ3v) is 6.84. The molecule has 0 bridgehead atoms. The van der Waals surface area contributed by atoms with Crippen molar-refractivity contribution in [3.05, 3.63) is 63.9 Å². The van der Waals surface area contributed by atoms with E-state index in [1.54, 1.807) is 33.0 Å². The maximum Gasteiger partial charge on any atom is 0.350 e. The summed E-state index contributed by atoms with van der Waals surface area (Å²) < 4.78 is 7.23. The van der Waals surface area contributed by atoms with Crippen molar-refractivity contribution >= 4 is 22.7 Å². The minimum atomic E-state index is -0.881. The van der Waals surface area contributed by atoms with Crippen LogP contribution < -0.4 is 15.3 Å². The smallest absolute Gasteiger partial charge is 0.350 e. The van der Waals surface area contributed by atoms with Crippen molar-refractivity contribution in [1.29, 1.82) is 5.26 Å². The molecule has 2 aromatic heterocycles. The first-order chi connectivity index (χ1) is 17.0.